The highest BCUT2D eigenvalue weighted by atomic mass is 16.4. The summed E-state index contributed by atoms with van der Waals surface area (Å²) in [6.07, 6.45) is 6.62. The van der Waals surface area contributed by atoms with Crippen molar-refractivity contribution >= 4 is 5.97 Å². The lowest BCUT2D eigenvalue weighted by atomic mass is 10.0. The number of carbonyl (C=O) groups is 1. The van der Waals surface area contributed by atoms with Crippen molar-refractivity contribution in [3.63, 3.8) is 0 Å². The zero-order chi connectivity index (χ0) is 15.1. The van der Waals surface area contributed by atoms with Gasteiger partial charge in [-0.1, -0.05) is 34.9 Å². The molecule has 20 heavy (non-hydrogen) atoms. The summed E-state index contributed by atoms with van der Waals surface area (Å²) in [6.45, 7) is 6.17. The van der Waals surface area contributed by atoms with E-state index in [1.54, 1.807) is 0 Å². The Balaban J connectivity index is 2.70. The van der Waals surface area contributed by atoms with Gasteiger partial charge in [-0.05, 0) is 52.2 Å². The minimum absolute atomic E-state index is 0.108. The standard InChI is InChI=1S/C17H22O3/c1-12(2)5-4-6-13(3)7-8-14-11-15(17(19)20)9-10-16(14)18/h5,7,9-11,18H,4,6,8H2,1-3H3,(H,19,20)/p-1/b13-7+. The Morgan fingerprint density at radius 3 is 2.55 bits per heavy atom. The Hall–Kier alpha value is -2.03. The maximum Gasteiger partial charge on any atom is 0.335 e. The second-order valence-electron chi connectivity index (χ2n) is 5.20. The van der Waals surface area contributed by atoms with Crippen LogP contribution in [0.15, 0.2) is 41.5 Å². The summed E-state index contributed by atoms with van der Waals surface area (Å²) in [5, 5.41) is 20.6. The van der Waals surface area contributed by atoms with Crippen molar-refractivity contribution < 1.29 is 15.0 Å². The summed E-state index contributed by atoms with van der Waals surface area (Å²) in [5.74, 6) is -1.11. The zero-order valence-electron chi connectivity index (χ0n) is 12.3. The lowest BCUT2D eigenvalue weighted by molar-refractivity contribution is -0.269. The molecule has 0 aromatic heterocycles. The molecule has 3 heteroatoms. The van der Waals surface area contributed by atoms with E-state index in [4.69, 9.17) is 5.11 Å². The highest BCUT2D eigenvalue weighted by molar-refractivity contribution is 5.88. The van der Waals surface area contributed by atoms with E-state index in [-0.39, 0.29) is 11.3 Å². The van der Waals surface area contributed by atoms with Gasteiger partial charge in [0.15, 0.2) is 0 Å². The summed E-state index contributed by atoms with van der Waals surface area (Å²) in [4.78, 5) is 10.9. The molecule has 0 bridgehead atoms. The first kappa shape index (κ1) is 16.0. The molecule has 0 aliphatic rings. The van der Waals surface area contributed by atoms with E-state index in [0.717, 1.165) is 12.8 Å². The molecule has 0 saturated carbocycles. The Morgan fingerprint density at radius 2 is 1.95 bits per heavy atom. The number of benzene rings is 1. The van der Waals surface area contributed by atoms with E-state index >= 15 is 0 Å². The summed E-state index contributed by atoms with van der Waals surface area (Å²) >= 11 is 0. The van der Waals surface area contributed by atoms with Crippen molar-refractivity contribution in [3.05, 3.63) is 52.6 Å². The Bertz CT molecular complexity index is 535. The van der Waals surface area contributed by atoms with Crippen LogP contribution >= 0.6 is 0 Å². The van der Waals surface area contributed by atoms with Gasteiger partial charge in [0.05, 0.1) is 5.56 Å². The number of rotatable bonds is 6. The van der Waals surface area contributed by atoms with Crippen LogP contribution in [0.4, 0.5) is 0 Å². The van der Waals surface area contributed by atoms with Crippen molar-refractivity contribution in [1.29, 1.82) is 0 Å². The lowest BCUT2D eigenvalue weighted by Gasteiger charge is -2.12. The van der Waals surface area contributed by atoms with Crippen LogP contribution in [0.1, 0.15) is 49.5 Å². The van der Waals surface area contributed by atoms with E-state index in [0.29, 0.717) is 12.0 Å². The van der Waals surface area contributed by atoms with Gasteiger partial charge in [-0.3, -0.25) is 0 Å². The molecule has 0 amide bonds. The van der Waals surface area contributed by atoms with Crippen LogP contribution in [0.2, 0.25) is 0 Å². The van der Waals surface area contributed by atoms with Crippen LogP contribution in [0.3, 0.4) is 0 Å². The first-order valence-corrected chi connectivity index (χ1v) is 6.72. The largest absolute Gasteiger partial charge is 0.872 e. The van der Waals surface area contributed by atoms with Gasteiger partial charge >= 0.3 is 5.97 Å². The van der Waals surface area contributed by atoms with Gasteiger partial charge in [-0.2, -0.15) is 0 Å². The SMILES string of the molecule is CC(C)=CCC/C(C)=C/Cc1cc(C(=O)O)ccc1[O-]. The maximum absolute atomic E-state index is 11.7. The first-order valence-electron chi connectivity index (χ1n) is 6.72. The van der Waals surface area contributed by atoms with Crippen LogP contribution in [-0.4, -0.2) is 11.1 Å². The molecule has 0 saturated heterocycles. The predicted molar refractivity (Wildman–Crippen MR) is 79.0 cm³/mol. The van der Waals surface area contributed by atoms with E-state index in [9.17, 15) is 9.90 Å². The van der Waals surface area contributed by atoms with Crippen molar-refractivity contribution in [2.75, 3.05) is 0 Å². The van der Waals surface area contributed by atoms with Gasteiger partial charge in [0.1, 0.15) is 0 Å². The van der Waals surface area contributed by atoms with Gasteiger partial charge < -0.3 is 10.2 Å². The predicted octanol–water partition coefficient (Wildman–Crippen LogP) is 3.69. The fraction of sp³-hybridized carbons (Fsp3) is 0.353. The average Bonchev–Trinajstić information content (AvgIpc) is 2.37. The van der Waals surface area contributed by atoms with Gasteiger partial charge in [0, 0.05) is 0 Å². The minimum atomic E-state index is -1.00. The minimum Gasteiger partial charge on any atom is -0.872 e. The zero-order valence-corrected chi connectivity index (χ0v) is 12.3. The molecule has 1 aromatic carbocycles. The molecule has 0 spiro atoms. The molecule has 1 rings (SSSR count). The van der Waals surface area contributed by atoms with Gasteiger partial charge in [0.2, 0.25) is 0 Å². The molecule has 0 radical (unpaired) electrons. The Kier molecular flexibility index (Phi) is 6.04. The van der Waals surface area contributed by atoms with Crippen LogP contribution in [0.5, 0.6) is 5.75 Å². The summed E-state index contributed by atoms with van der Waals surface area (Å²) < 4.78 is 0. The van der Waals surface area contributed by atoms with Crippen molar-refractivity contribution in [2.24, 2.45) is 0 Å². The third kappa shape index (κ3) is 5.31. The molecule has 0 fully saturated rings. The van der Waals surface area contributed by atoms with Crippen LogP contribution in [0, 0.1) is 0 Å². The van der Waals surface area contributed by atoms with E-state index in [1.807, 2.05) is 13.0 Å². The average molecular weight is 273 g/mol. The number of carboxylic acid groups (broad SMARTS) is 1. The first-order chi connectivity index (χ1) is 9.40. The molecular weight excluding hydrogens is 252 g/mol. The molecule has 0 unspecified atom stereocenters. The fourth-order valence-corrected chi connectivity index (χ4v) is 1.85. The van der Waals surface area contributed by atoms with Crippen molar-refractivity contribution in [1.82, 2.24) is 0 Å². The normalized spacial score (nSPS) is 11.2. The molecule has 3 nitrogen and oxygen atoms in total. The molecule has 1 N–H and O–H groups in total. The monoisotopic (exact) mass is 273 g/mol. The molecule has 1 aromatic rings. The topological polar surface area (TPSA) is 60.4 Å². The lowest BCUT2D eigenvalue weighted by Crippen LogP contribution is -2.01. The van der Waals surface area contributed by atoms with Crippen molar-refractivity contribution in [3.8, 4) is 5.75 Å². The van der Waals surface area contributed by atoms with Gasteiger partial charge in [-0.25, -0.2) is 4.79 Å². The second-order valence-corrected chi connectivity index (χ2v) is 5.20. The molecule has 0 atom stereocenters. The number of hydrogen-bond donors (Lipinski definition) is 1. The highest BCUT2D eigenvalue weighted by Gasteiger charge is 2.03. The van der Waals surface area contributed by atoms with Gasteiger partial charge in [-0.15, -0.1) is 5.75 Å². The van der Waals surface area contributed by atoms with E-state index in [2.05, 4.69) is 19.9 Å². The molecule has 0 aliphatic carbocycles. The molecule has 108 valence electrons. The number of allylic oxidation sites excluding steroid dienone is 4. The summed E-state index contributed by atoms with van der Waals surface area (Å²) in [6, 6.07) is 4.13. The summed E-state index contributed by atoms with van der Waals surface area (Å²) in [5.41, 5.74) is 3.21. The fourth-order valence-electron chi connectivity index (χ4n) is 1.85. The van der Waals surface area contributed by atoms with Crippen LogP contribution < -0.4 is 5.11 Å². The van der Waals surface area contributed by atoms with Crippen LogP contribution in [-0.2, 0) is 6.42 Å². The highest BCUT2D eigenvalue weighted by Crippen LogP contribution is 2.18. The van der Waals surface area contributed by atoms with Crippen molar-refractivity contribution in [2.45, 2.75) is 40.0 Å². The Morgan fingerprint density at radius 1 is 1.25 bits per heavy atom. The Labute approximate surface area is 120 Å². The quantitative estimate of drug-likeness (QED) is 0.804. The number of aromatic carboxylic acids is 1. The van der Waals surface area contributed by atoms with E-state index < -0.39 is 5.97 Å². The smallest absolute Gasteiger partial charge is 0.335 e. The van der Waals surface area contributed by atoms with Gasteiger partial charge in [0.25, 0.3) is 0 Å². The molecule has 0 heterocycles. The van der Waals surface area contributed by atoms with Crippen LogP contribution in [0.25, 0.3) is 0 Å². The molecule has 0 aliphatic heterocycles. The third-order valence-corrected chi connectivity index (χ3v) is 3.07. The number of carboxylic acids is 1. The maximum atomic E-state index is 11.7. The second kappa shape index (κ2) is 7.53. The third-order valence-electron chi connectivity index (χ3n) is 3.07. The van der Waals surface area contributed by atoms with E-state index in [1.165, 1.54) is 29.3 Å². The number of hydrogen-bond acceptors (Lipinski definition) is 2. The summed E-state index contributed by atoms with van der Waals surface area (Å²) in [7, 11) is 0. The molecular formula is C17H21O3-.